The number of carbonyl (C=O) groups is 2. The topological polar surface area (TPSA) is 76.7 Å². The van der Waals surface area contributed by atoms with Crippen LogP contribution in [-0.2, 0) is 16.1 Å². The molecule has 134 valence electrons. The number of hydrogen-bond acceptors (Lipinski definition) is 4. The highest BCUT2D eigenvalue weighted by Gasteiger charge is 2.14. The number of ether oxygens (including phenoxy) is 2. The fraction of sp³-hybridized carbons (Fsp3) is 0.474. The van der Waals surface area contributed by atoms with Crippen LogP contribution in [0.4, 0.5) is 0 Å². The lowest BCUT2D eigenvalue weighted by Crippen LogP contribution is -2.32. The van der Waals surface area contributed by atoms with E-state index in [1.165, 1.54) is 18.4 Å². The maximum Gasteiger partial charge on any atom is 0.231 e. The number of amides is 2. The quantitative estimate of drug-likeness (QED) is 0.588. The molecule has 0 saturated carbocycles. The van der Waals surface area contributed by atoms with Crippen LogP contribution in [0.3, 0.4) is 0 Å². The zero-order valence-electron chi connectivity index (χ0n) is 14.3. The summed E-state index contributed by atoms with van der Waals surface area (Å²) in [5.41, 5.74) is 2.32. The van der Waals surface area contributed by atoms with Crippen molar-refractivity contribution in [3.05, 3.63) is 35.4 Å². The van der Waals surface area contributed by atoms with E-state index in [4.69, 9.17) is 9.47 Å². The van der Waals surface area contributed by atoms with Crippen molar-refractivity contribution in [2.45, 2.75) is 45.1 Å². The molecule has 1 aromatic rings. The predicted octanol–water partition coefficient (Wildman–Crippen LogP) is 2.43. The van der Waals surface area contributed by atoms with Crippen LogP contribution in [0.15, 0.2) is 29.8 Å². The number of carbonyl (C=O) groups excluding carboxylic acids is 2. The molecule has 0 aromatic heterocycles. The Morgan fingerprint density at radius 3 is 2.72 bits per heavy atom. The molecule has 1 heterocycles. The highest BCUT2D eigenvalue weighted by molar-refractivity contribution is 5.96. The molecule has 0 radical (unpaired) electrons. The van der Waals surface area contributed by atoms with Gasteiger partial charge in [-0.2, -0.15) is 0 Å². The van der Waals surface area contributed by atoms with Gasteiger partial charge in [0, 0.05) is 13.1 Å². The summed E-state index contributed by atoms with van der Waals surface area (Å²) in [5, 5.41) is 5.57. The van der Waals surface area contributed by atoms with E-state index < -0.39 is 0 Å². The van der Waals surface area contributed by atoms with Gasteiger partial charge in [0.05, 0.1) is 0 Å². The molecule has 0 saturated heterocycles. The van der Waals surface area contributed by atoms with Gasteiger partial charge in [0.15, 0.2) is 11.5 Å². The predicted molar refractivity (Wildman–Crippen MR) is 93.2 cm³/mol. The number of fused-ring (bicyclic) bond motifs is 1. The fourth-order valence-electron chi connectivity index (χ4n) is 3.02. The van der Waals surface area contributed by atoms with Crippen molar-refractivity contribution in [3.8, 4) is 11.5 Å². The lowest BCUT2D eigenvalue weighted by molar-refractivity contribution is -0.129. The van der Waals surface area contributed by atoms with Gasteiger partial charge in [0.1, 0.15) is 6.42 Å². The van der Waals surface area contributed by atoms with Gasteiger partial charge in [-0.3, -0.25) is 9.59 Å². The smallest absolute Gasteiger partial charge is 0.231 e. The Morgan fingerprint density at radius 2 is 1.88 bits per heavy atom. The van der Waals surface area contributed by atoms with E-state index in [1.54, 1.807) is 0 Å². The van der Waals surface area contributed by atoms with Crippen molar-refractivity contribution in [1.29, 1.82) is 0 Å². The molecule has 2 amide bonds. The molecule has 2 aliphatic rings. The molecule has 0 fully saturated rings. The monoisotopic (exact) mass is 344 g/mol. The first kappa shape index (κ1) is 17.3. The van der Waals surface area contributed by atoms with Crippen LogP contribution < -0.4 is 20.1 Å². The van der Waals surface area contributed by atoms with E-state index in [1.807, 2.05) is 18.2 Å². The van der Waals surface area contributed by atoms with Crippen molar-refractivity contribution in [1.82, 2.24) is 10.6 Å². The van der Waals surface area contributed by atoms with Gasteiger partial charge in [-0.25, -0.2) is 0 Å². The van der Waals surface area contributed by atoms with E-state index in [0.29, 0.717) is 24.6 Å². The van der Waals surface area contributed by atoms with Crippen LogP contribution in [0, 0.1) is 0 Å². The van der Waals surface area contributed by atoms with Gasteiger partial charge in [-0.05, 0) is 49.8 Å². The highest BCUT2D eigenvalue weighted by atomic mass is 16.7. The summed E-state index contributed by atoms with van der Waals surface area (Å²) in [5.74, 6) is 0.871. The van der Waals surface area contributed by atoms with Crippen LogP contribution >= 0.6 is 0 Å². The van der Waals surface area contributed by atoms with Crippen LogP contribution in [0.25, 0.3) is 0 Å². The summed E-state index contributed by atoms with van der Waals surface area (Å²) >= 11 is 0. The van der Waals surface area contributed by atoms with Gasteiger partial charge < -0.3 is 20.1 Å². The zero-order chi connectivity index (χ0) is 17.5. The average molecular weight is 344 g/mol. The van der Waals surface area contributed by atoms with Crippen LogP contribution in [-0.4, -0.2) is 25.2 Å². The summed E-state index contributed by atoms with van der Waals surface area (Å²) in [6.45, 7) is 1.18. The summed E-state index contributed by atoms with van der Waals surface area (Å²) in [6, 6.07) is 5.52. The Bertz CT molecular complexity index is 669. The van der Waals surface area contributed by atoms with Gasteiger partial charge in [-0.15, -0.1) is 0 Å². The second-order valence-electron chi connectivity index (χ2n) is 6.35. The van der Waals surface area contributed by atoms with Crippen molar-refractivity contribution >= 4 is 11.8 Å². The lowest BCUT2D eigenvalue weighted by atomic mass is 9.97. The van der Waals surface area contributed by atoms with Crippen LogP contribution in [0.1, 0.15) is 44.1 Å². The second-order valence-corrected chi connectivity index (χ2v) is 6.35. The number of benzene rings is 1. The van der Waals surface area contributed by atoms with Gasteiger partial charge >= 0.3 is 0 Å². The third-order valence-corrected chi connectivity index (χ3v) is 4.40. The standard InChI is InChI=1S/C19H24N2O4/c22-18(20-9-8-14-4-2-1-3-5-14)11-19(23)21-12-15-6-7-16-17(10-15)25-13-24-16/h4,6-7,10H,1-3,5,8-9,11-13H2,(H,20,22)(H,21,23). The minimum atomic E-state index is -0.285. The second kappa shape index (κ2) is 8.55. The molecule has 6 nitrogen and oxygen atoms in total. The van der Waals surface area contributed by atoms with Crippen molar-refractivity contribution in [3.63, 3.8) is 0 Å². The molecule has 25 heavy (non-hydrogen) atoms. The highest BCUT2D eigenvalue weighted by Crippen LogP contribution is 2.32. The fourth-order valence-corrected chi connectivity index (χ4v) is 3.02. The Kier molecular flexibility index (Phi) is 5.93. The lowest BCUT2D eigenvalue weighted by Gasteiger charge is -2.13. The van der Waals surface area contributed by atoms with Crippen molar-refractivity contribution < 1.29 is 19.1 Å². The molecule has 0 atom stereocenters. The minimum absolute atomic E-state index is 0.149. The molecule has 6 heteroatoms. The summed E-state index contributed by atoms with van der Waals surface area (Å²) in [4.78, 5) is 23.7. The molecule has 0 bridgehead atoms. The number of rotatable bonds is 7. The summed E-state index contributed by atoms with van der Waals surface area (Å²) in [7, 11) is 0. The van der Waals surface area contributed by atoms with E-state index >= 15 is 0 Å². The van der Waals surface area contributed by atoms with E-state index in [-0.39, 0.29) is 25.0 Å². The third-order valence-electron chi connectivity index (χ3n) is 4.40. The van der Waals surface area contributed by atoms with Gasteiger partial charge in [0.2, 0.25) is 18.6 Å². The van der Waals surface area contributed by atoms with Crippen LogP contribution in [0.2, 0.25) is 0 Å². The minimum Gasteiger partial charge on any atom is -0.454 e. The first-order valence-corrected chi connectivity index (χ1v) is 8.80. The van der Waals surface area contributed by atoms with Gasteiger partial charge in [-0.1, -0.05) is 17.7 Å². The van der Waals surface area contributed by atoms with E-state index in [9.17, 15) is 9.59 Å². The Hall–Kier alpha value is -2.50. The Morgan fingerprint density at radius 1 is 1.04 bits per heavy atom. The molecule has 3 rings (SSSR count). The summed E-state index contributed by atoms with van der Waals surface area (Å²) < 4.78 is 10.5. The van der Waals surface area contributed by atoms with Crippen molar-refractivity contribution in [2.24, 2.45) is 0 Å². The maximum absolute atomic E-state index is 11.9. The molecular formula is C19H24N2O4. The normalized spacial score (nSPS) is 15.4. The summed E-state index contributed by atoms with van der Waals surface area (Å²) in [6.07, 6.45) is 7.78. The third kappa shape index (κ3) is 5.24. The molecule has 1 aliphatic heterocycles. The molecule has 1 aliphatic carbocycles. The molecule has 0 unspecified atom stereocenters. The Balaban J connectivity index is 1.34. The average Bonchev–Trinajstić information content (AvgIpc) is 3.08. The maximum atomic E-state index is 11.9. The number of nitrogens with one attached hydrogen (secondary N) is 2. The number of allylic oxidation sites excluding steroid dienone is 1. The first-order chi connectivity index (χ1) is 12.2. The zero-order valence-corrected chi connectivity index (χ0v) is 14.3. The Labute approximate surface area is 147 Å². The molecule has 2 N–H and O–H groups in total. The van der Waals surface area contributed by atoms with E-state index in [0.717, 1.165) is 24.8 Å². The van der Waals surface area contributed by atoms with Crippen LogP contribution in [0.5, 0.6) is 11.5 Å². The van der Waals surface area contributed by atoms with Gasteiger partial charge in [0.25, 0.3) is 0 Å². The number of hydrogen-bond donors (Lipinski definition) is 2. The molecule has 0 spiro atoms. The molecular weight excluding hydrogens is 320 g/mol. The first-order valence-electron chi connectivity index (χ1n) is 8.80. The van der Waals surface area contributed by atoms with E-state index in [2.05, 4.69) is 16.7 Å². The SMILES string of the molecule is O=C(CC(=O)NCc1ccc2c(c1)OCO2)NCCC1=CCCCC1. The molecule has 1 aromatic carbocycles. The largest absolute Gasteiger partial charge is 0.454 e. The van der Waals surface area contributed by atoms with Crippen molar-refractivity contribution in [2.75, 3.05) is 13.3 Å².